The first-order valence-corrected chi connectivity index (χ1v) is 5.56. The Balaban J connectivity index is 2.15. The van der Waals surface area contributed by atoms with Crippen LogP contribution in [0.3, 0.4) is 0 Å². The molecule has 1 aromatic rings. The highest BCUT2D eigenvalue weighted by molar-refractivity contribution is 5.92. The number of carbonyl (C=O) groups excluding carboxylic acids is 1. The zero-order valence-corrected chi connectivity index (χ0v) is 9.68. The number of carbonyl (C=O) groups is 1. The van der Waals surface area contributed by atoms with Crippen molar-refractivity contribution >= 4 is 5.91 Å². The van der Waals surface area contributed by atoms with Gasteiger partial charge in [-0.3, -0.25) is 9.48 Å². The summed E-state index contributed by atoms with van der Waals surface area (Å²) in [6, 6.07) is 1.78. The standard InChI is InChI=1S/C11H17N3O2/c1-8-6-10(13(2)12-8)11(16)14-5-3-4-9(15)7-14/h6,9,15H,3-5,7H2,1-2H3/t9-/m1/s1. The topological polar surface area (TPSA) is 58.4 Å². The molecule has 1 aromatic heterocycles. The van der Waals surface area contributed by atoms with Crippen molar-refractivity contribution in [2.45, 2.75) is 25.9 Å². The Morgan fingerprint density at radius 2 is 2.38 bits per heavy atom. The SMILES string of the molecule is Cc1cc(C(=O)N2CCC[C@@H](O)C2)n(C)n1. The van der Waals surface area contributed by atoms with Gasteiger partial charge in [0.1, 0.15) is 5.69 Å². The monoisotopic (exact) mass is 223 g/mol. The van der Waals surface area contributed by atoms with Crippen LogP contribution in [0.15, 0.2) is 6.07 Å². The van der Waals surface area contributed by atoms with Crippen LogP contribution in [-0.4, -0.2) is 44.9 Å². The van der Waals surface area contributed by atoms with Crippen LogP contribution < -0.4 is 0 Å². The molecule has 1 atom stereocenters. The van der Waals surface area contributed by atoms with Crippen LogP contribution in [-0.2, 0) is 7.05 Å². The molecule has 0 saturated carbocycles. The molecule has 0 unspecified atom stereocenters. The van der Waals surface area contributed by atoms with E-state index < -0.39 is 0 Å². The maximum absolute atomic E-state index is 12.1. The van der Waals surface area contributed by atoms with Crippen molar-refractivity contribution in [1.82, 2.24) is 14.7 Å². The highest BCUT2D eigenvalue weighted by Crippen LogP contribution is 2.14. The average Bonchev–Trinajstić information content (AvgIpc) is 2.57. The van der Waals surface area contributed by atoms with Crippen molar-refractivity contribution in [2.24, 2.45) is 7.05 Å². The Morgan fingerprint density at radius 1 is 1.62 bits per heavy atom. The third-order valence-corrected chi connectivity index (χ3v) is 2.90. The first-order valence-electron chi connectivity index (χ1n) is 5.56. The summed E-state index contributed by atoms with van der Waals surface area (Å²) in [5, 5.41) is 13.7. The van der Waals surface area contributed by atoms with E-state index in [-0.39, 0.29) is 12.0 Å². The van der Waals surface area contributed by atoms with Crippen LogP contribution in [0.5, 0.6) is 0 Å². The van der Waals surface area contributed by atoms with E-state index in [1.54, 1.807) is 22.7 Å². The van der Waals surface area contributed by atoms with Crippen LogP contribution >= 0.6 is 0 Å². The first-order chi connectivity index (χ1) is 7.58. The fraction of sp³-hybridized carbons (Fsp3) is 0.636. The Bertz CT molecular complexity index is 400. The fourth-order valence-electron chi connectivity index (χ4n) is 2.11. The minimum atomic E-state index is -0.382. The number of β-amino-alcohol motifs (C(OH)–C–C–N with tert-alkyl or cyclic N) is 1. The molecule has 1 saturated heterocycles. The minimum absolute atomic E-state index is 0.0400. The summed E-state index contributed by atoms with van der Waals surface area (Å²) in [5.41, 5.74) is 1.43. The second-order valence-corrected chi connectivity index (χ2v) is 4.34. The Morgan fingerprint density at radius 3 is 2.94 bits per heavy atom. The van der Waals surface area contributed by atoms with Crippen molar-refractivity contribution < 1.29 is 9.90 Å². The number of piperidine rings is 1. The third kappa shape index (κ3) is 2.09. The summed E-state index contributed by atoms with van der Waals surface area (Å²) in [4.78, 5) is 13.8. The number of hydrogen-bond acceptors (Lipinski definition) is 3. The summed E-state index contributed by atoms with van der Waals surface area (Å²) in [6.45, 7) is 3.02. The predicted molar refractivity (Wildman–Crippen MR) is 59.1 cm³/mol. The lowest BCUT2D eigenvalue weighted by molar-refractivity contribution is 0.0465. The van der Waals surface area contributed by atoms with Crippen LogP contribution in [0.2, 0.25) is 0 Å². The molecule has 16 heavy (non-hydrogen) atoms. The molecule has 0 aliphatic carbocycles. The van der Waals surface area contributed by atoms with Crippen LogP contribution in [0, 0.1) is 6.92 Å². The number of likely N-dealkylation sites (tertiary alicyclic amines) is 1. The van der Waals surface area contributed by atoms with E-state index in [0.29, 0.717) is 12.2 Å². The van der Waals surface area contributed by atoms with Crippen molar-refractivity contribution in [1.29, 1.82) is 0 Å². The number of aliphatic hydroxyl groups is 1. The maximum atomic E-state index is 12.1. The number of aryl methyl sites for hydroxylation is 2. The molecule has 0 bridgehead atoms. The van der Waals surface area contributed by atoms with Gasteiger partial charge in [0.05, 0.1) is 11.8 Å². The van der Waals surface area contributed by atoms with Crippen molar-refractivity contribution in [3.63, 3.8) is 0 Å². The zero-order valence-electron chi connectivity index (χ0n) is 9.68. The van der Waals surface area contributed by atoms with Gasteiger partial charge in [0, 0.05) is 20.1 Å². The van der Waals surface area contributed by atoms with Gasteiger partial charge >= 0.3 is 0 Å². The van der Waals surface area contributed by atoms with E-state index in [1.165, 1.54) is 0 Å². The second kappa shape index (κ2) is 4.25. The van der Waals surface area contributed by atoms with Crippen LogP contribution in [0.1, 0.15) is 29.0 Å². The summed E-state index contributed by atoms with van der Waals surface area (Å²) in [6.07, 6.45) is 1.27. The molecular formula is C11H17N3O2. The highest BCUT2D eigenvalue weighted by atomic mass is 16.3. The molecule has 5 nitrogen and oxygen atoms in total. The Kier molecular flexibility index (Phi) is 2.96. The lowest BCUT2D eigenvalue weighted by Crippen LogP contribution is -2.42. The van der Waals surface area contributed by atoms with Crippen molar-refractivity contribution in [3.05, 3.63) is 17.5 Å². The Labute approximate surface area is 94.7 Å². The molecule has 1 aliphatic rings. The molecule has 1 fully saturated rings. The summed E-state index contributed by atoms with van der Waals surface area (Å²) in [5.74, 6) is -0.0400. The van der Waals surface area contributed by atoms with Gasteiger partial charge in [-0.15, -0.1) is 0 Å². The van der Waals surface area contributed by atoms with Gasteiger partial charge in [0.15, 0.2) is 0 Å². The quantitative estimate of drug-likeness (QED) is 0.746. The molecule has 2 heterocycles. The molecule has 88 valence electrons. The van der Waals surface area contributed by atoms with Crippen molar-refractivity contribution in [3.8, 4) is 0 Å². The molecule has 1 aliphatic heterocycles. The van der Waals surface area contributed by atoms with Gasteiger partial charge in [-0.05, 0) is 25.8 Å². The molecule has 0 aromatic carbocycles. The number of nitrogens with zero attached hydrogens (tertiary/aromatic N) is 3. The number of rotatable bonds is 1. The van der Waals surface area contributed by atoms with Gasteiger partial charge in [-0.2, -0.15) is 5.10 Å². The summed E-state index contributed by atoms with van der Waals surface area (Å²) in [7, 11) is 1.76. The van der Waals surface area contributed by atoms with Gasteiger partial charge in [0.25, 0.3) is 5.91 Å². The van der Waals surface area contributed by atoms with E-state index in [4.69, 9.17) is 0 Å². The lowest BCUT2D eigenvalue weighted by atomic mass is 10.1. The highest BCUT2D eigenvalue weighted by Gasteiger charge is 2.24. The molecule has 5 heteroatoms. The number of aromatic nitrogens is 2. The van der Waals surface area contributed by atoms with Gasteiger partial charge in [0.2, 0.25) is 0 Å². The molecular weight excluding hydrogens is 206 g/mol. The van der Waals surface area contributed by atoms with E-state index >= 15 is 0 Å². The molecule has 2 rings (SSSR count). The third-order valence-electron chi connectivity index (χ3n) is 2.90. The maximum Gasteiger partial charge on any atom is 0.272 e. The minimum Gasteiger partial charge on any atom is -0.391 e. The second-order valence-electron chi connectivity index (χ2n) is 4.34. The number of amides is 1. The van der Waals surface area contributed by atoms with Crippen molar-refractivity contribution in [2.75, 3.05) is 13.1 Å². The lowest BCUT2D eigenvalue weighted by Gasteiger charge is -2.29. The molecule has 0 spiro atoms. The van der Waals surface area contributed by atoms with Crippen LogP contribution in [0.25, 0.3) is 0 Å². The average molecular weight is 223 g/mol. The first kappa shape index (κ1) is 11.1. The van der Waals surface area contributed by atoms with Gasteiger partial charge in [-0.1, -0.05) is 0 Å². The Hall–Kier alpha value is -1.36. The fourth-order valence-corrected chi connectivity index (χ4v) is 2.11. The predicted octanol–water partition coefficient (Wildman–Crippen LogP) is 0.325. The van der Waals surface area contributed by atoms with E-state index in [9.17, 15) is 9.90 Å². The zero-order chi connectivity index (χ0) is 11.7. The molecule has 1 amide bonds. The smallest absolute Gasteiger partial charge is 0.272 e. The molecule has 0 radical (unpaired) electrons. The van der Waals surface area contributed by atoms with E-state index in [0.717, 1.165) is 25.1 Å². The van der Waals surface area contributed by atoms with Gasteiger partial charge in [-0.25, -0.2) is 0 Å². The van der Waals surface area contributed by atoms with E-state index in [2.05, 4.69) is 5.10 Å². The largest absolute Gasteiger partial charge is 0.391 e. The summed E-state index contributed by atoms with van der Waals surface area (Å²) >= 11 is 0. The number of hydrogen-bond donors (Lipinski definition) is 1. The van der Waals surface area contributed by atoms with E-state index in [1.807, 2.05) is 6.92 Å². The normalized spacial score (nSPS) is 21.2. The van der Waals surface area contributed by atoms with Gasteiger partial charge < -0.3 is 10.0 Å². The number of aliphatic hydroxyl groups excluding tert-OH is 1. The molecule has 1 N–H and O–H groups in total. The van der Waals surface area contributed by atoms with Crippen LogP contribution in [0.4, 0.5) is 0 Å². The summed E-state index contributed by atoms with van der Waals surface area (Å²) < 4.78 is 1.60.